The number of hydrogen-bond acceptors (Lipinski definition) is 3. The van der Waals surface area contributed by atoms with Crippen molar-refractivity contribution in [2.75, 3.05) is 0 Å². The molecule has 0 atom stereocenters. The van der Waals surface area contributed by atoms with Gasteiger partial charge in [-0.2, -0.15) is 0 Å². The second-order valence-electron chi connectivity index (χ2n) is 1.37. The zero-order chi connectivity index (χ0) is 6.69. The maximum atomic E-state index is 10.3. The molecule has 9 heavy (non-hydrogen) atoms. The van der Waals surface area contributed by atoms with Crippen molar-refractivity contribution < 1.29 is 4.79 Å². The van der Waals surface area contributed by atoms with E-state index in [-0.39, 0.29) is 5.69 Å². The molecule has 0 aromatic carbocycles. The van der Waals surface area contributed by atoms with Crippen molar-refractivity contribution in [1.82, 2.24) is 9.97 Å². The first-order chi connectivity index (χ1) is 4.30. The Kier molecular flexibility index (Phi) is 1.75. The lowest BCUT2D eigenvalue weighted by atomic mass is 10.4. The van der Waals surface area contributed by atoms with Gasteiger partial charge in [-0.15, -0.1) is 0 Å². The highest BCUT2D eigenvalue weighted by Crippen LogP contribution is 1.95. The van der Waals surface area contributed by atoms with E-state index in [4.69, 9.17) is 11.6 Å². The van der Waals surface area contributed by atoms with Crippen LogP contribution in [0.15, 0.2) is 18.6 Å². The Labute approximate surface area is 56.7 Å². The second kappa shape index (κ2) is 2.55. The number of halogens is 1. The van der Waals surface area contributed by atoms with Crippen molar-refractivity contribution in [2.24, 2.45) is 0 Å². The molecular weight excluding hydrogens is 140 g/mol. The van der Waals surface area contributed by atoms with Crippen molar-refractivity contribution in [3.05, 3.63) is 24.3 Å². The monoisotopic (exact) mass is 142 g/mol. The molecule has 0 saturated carbocycles. The van der Waals surface area contributed by atoms with Gasteiger partial charge in [-0.1, -0.05) is 0 Å². The van der Waals surface area contributed by atoms with Crippen molar-refractivity contribution in [3.63, 3.8) is 0 Å². The van der Waals surface area contributed by atoms with Gasteiger partial charge in [-0.05, 0) is 17.7 Å². The molecule has 46 valence electrons. The Hall–Kier alpha value is -0.960. The molecule has 1 aromatic heterocycles. The minimum atomic E-state index is -0.558. The molecule has 1 heterocycles. The normalized spacial score (nSPS) is 9.00. The molecule has 0 aliphatic carbocycles. The van der Waals surface area contributed by atoms with Crippen LogP contribution in [-0.2, 0) is 0 Å². The van der Waals surface area contributed by atoms with E-state index in [2.05, 4.69) is 9.97 Å². The van der Waals surface area contributed by atoms with E-state index < -0.39 is 5.24 Å². The average Bonchev–Trinajstić information content (AvgIpc) is 1.90. The van der Waals surface area contributed by atoms with Crippen LogP contribution >= 0.6 is 11.6 Å². The molecule has 0 aliphatic heterocycles. The average molecular weight is 143 g/mol. The van der Waals surface area contributed by atoms with Crippen LogP contribution in [0.1, 0.15) is 10.5 Å². The molecule has 0 N–H and O–H groups in total. The van der Waals surface area contributed by atoms with Crippen molar-refractivity contribution >= 4 is 16.8 Å². The third-order valence-corrected chi connectivity index (χ3v) is 0.977. The van der Waals surface area contributed by atoms with Gasteiger partial charge in [0.25, 0.3) is 5.24 Å². The summed E-state index contributed by atoms with van der Waals surface area (Å²) in [7, 11) is 0. The molecule has 0 fully saturated rings. The Morgan fingerprint density at radius 3 is 2.78 bits per heavy atom. The minimum absolute atomic E-state index is 0.228. The molecular formula is C5H3ClN2O. The standard InChI is InChI=1S/C5H3ClN2O/c6-5(9)4-1-2-7-3-8-4/h1-3H. The van der Waals surface area contributed by atoms with Crippen molar-refractivity contribution in [2.45, 2.75) is 0 Å². The first-order valence-corrected chi connectivity index (χ1v) is 2.64. The Bertz CT molecular complexity index is 211. The third kappa shape index (κ3) is 1.47. The number of nitrogens with zero attached hydrogens (tertiary/aromatic N) is 2. The molecule has 0 amide bonds. The maximum Gasteiger partial charge on any atom is 0.270 e. The van der Waals surface area contributed by atoms with Gasteiger partial charge < -0.3 is 0 Å². The van der Waals surface area contributed by atoms with Crippen LogP contribution in [0.4, 0.5) is 0 Å². The number of rotatable bonds is 1. The summed E-state index contributed by atoms with van der Waals surface area (Å²) >= 11 is 5.07. The highest BCUT2D eigenvalue weighted by molar-refractivity contribution is 6.67. The lowest BCUT2D eigenvalue weighted by Gasteiger charge is -1.85. The SMILES string of the molecule is O=C(Cl)c1ccncn1. The fraction of sp³-hybridized carbons (Fsp3) is 0. The Balaban J connectivity index is 2.98. The largest absolute Gasteiger partial charge is 0.274 e. The summed E-state index contributed by atoms with van der Waals surface area (Å²) in [6.45, 7) is 0. The molecule has 1 aromatic rings. The summed E-state index contributed by atoms with van der Waals surface area (Å²) in [6.07, 6.45) is 2.73. The Morgan fingerprint density at radius 2 is 2.44 bits per heavy atom. The van der Waals surface area contributed by atoms with E-state index in [1.54, 1.807) is 0 Å². The van der Waals surface area contributed by atoms with Crippen molar-refractivity contribution in [1.29, 1.82) is 0 Å². The van der Waals surface area contributed by atoms with Crippen LogP contribution in [0, 0.1) is 0 Å². The number of carbonyl (C=O) groups excluding carboxylic acids is 1. The Morgan fingerprint density at radius 1 is 1.67 bits per heavy atom. The number of aromatic nitrogens is 2. The predicted molar refractivity (Wildman–Crippen MR) is 32.2 cm³/mol. The van der Waals surface area contributed by atoms with Gasteiger partial charge >= 0.3 is 0 Å². The van der Waals surface area contributed by atoms with Crippen molar-refractivity contribution in [3.8, 4) is 0 Å². The number of hydrogen-bond donors (Lipinski definition) is 0. The molecule has 0 spiro atoms. The van der Waals surface area contributed by atoms with Gasteiger partial charge in [0.1, 0.15) is 12.0 Å². The van der Waals surface area contributed by atoms with Gasteiger partial charge in [-0.25, -0.2) is 9.97 Å². The van der Waals surface area contributed by atoms with E-state index in [1.165, 1.54) is 18.6 Å². The fourth-order valence-electron chi connectivity index (χ4n) is 0.407. The highest BCUT2D eigenvalue weighted by atomic mass is 35.5. The molecule has 0 bridgehead atoms. The van der Waals surface area contributed by atoms with Gasteiger partial charge in [0.2, 0.25) is 0 Å². The van der Waals surface area contributed by atoms with Crippen LogP contribution in [-0.4, -0.2) is 15.2 Å². The lowest BCUT2D eigenvalue weighted by Crippen LogP contribution is -1.92. The second-order valence-corrected chi connectivity index (χ2v) is 1.71. The van der Waals surface area contributed by atoms with E-state index in [0.717, 1.165) is 0 Å². The summed E-state index contributed by atoms with van der Waals surface area (Å²) in [4.78, 5) is 17.5. The summed E-state index contributed by atoms with van der Waals surface area (Å²) in [6, 6.07) is 1.45. The summed E-state index contributed by atoms with van der Waals surface area (Å²) < 4.78 is 0. The molecule has 0 saturated heterocycles. The quantitative estimate of drug-likeness (QED) is 0.546. The van der Waals surface area contributed by atoms with Crippen LogP contribution in [0.25, 0.3) is 0 Å². The predicted octanol–water partition coefficient (Wildman–Crippen LogP) is 0.856. The molecule has 1 rings (SSSR count). The summed E-state index contributed by atoms with van der Waals surface area (Å²) in [5.41, 5.74) is 0.228. The van der Waals surface area contributed by atoms with Crippen LogP contribution in [0.3, 0.4) is 0 Å². The van der Waals surface area contributed by atoms with Gasteiger partial charge in [0.05, 0.1) is 0 Å². The topological polar surface area (TPSA) is 42.9 Å². The van der Waals surface area contributed by atoms with E-state index in [1.807, 2.05) is 0 Å². The zero-order valence-corrected chi connectivity index (χ0v) is 5.17. The maximum absolute atomic E-state index is 10.3. The van der Waals surface area contributed by atoms with E-state index in [0.29, 0.717) is 0 Å². The molecule has 0 radical (unpaired) electrons. The lowest BCUT2D eigenvalue weighted by molar-refractivity contribution is 0.107. The van der Waals surface area contributed by atoms with Crippen LogP contribution in [0.5, 0.6) is 0 Å². The van der Waals surface area contributed by atoms with Gasteiger partial charge in [0, 0.05) is 6.20 Å². The fourth-order valence-corrected chi connectivity index (χ4v) is 0.519. The first kappa shape index (κ1) is 6.16. The number of carbonyl (C=O) groups is 1. The molecule has 0 aliphatic rings. The van der Waals surface area contributed by atoms with Crippen LogP contribution < -0.4 is 0 Å². The summed E-state index contributed by atoms with van der Waals surface area (Å²) in [5.74, 6) is 0. The first-order valence-electron chi connectivity index (χ1n) is 2.26. The highest BCUT2D eigenvalue weighted by Gasteiger charge is 1.98. The van der Waals surface area contributed by atoms with Crippen LogP contribution in [0.2, 0.25) is 0 Å². The minimum Gasteiger partial charge on any atom is -0.274 e. The zero-order valence-electron chi connectivity index (χ0n) is 4.41. The van der Waals surface area contributed by atoms with E-state index >= 15 is 0 Å². The van der Waals surface area contributed by atoms with E-state index in [9.17, 15) is 4.79 Å². The van der Waals surface area contributed by atoms with Gasteiger partial charge in [0.15, 0.2) is 0 Å². The summed E-state index contributed by atoms with van der Waals surface area (Å²) in [5, 5.41) is -0.558. The molecule has 4 heteroatoms. The third-order valence-electron chi connectivity index (χ3n) is 0.783. The smallest absolute Gasteiger partial charge is 0.270 e. The molecule has 3 nitrogen and oxygen atoms in total. The molecule has 0 unspecified atom stereocenters. The van der Waals surface area contributed by atoms with Gasteiger partial charge in [-0.3, -0.25) is 4.79 Å².